The van der Waals surface area contributed by atoms with E-state index in [2.05, 4.69) is 4.98 Å². The van der Waals surface area contributed by atoms with E-state index in [1.807, 2.05) is 36.0 Å². The van der Waals surface area contributed by atoms with Gasteiger partial charge in [0, 0.05) is 31.9 Å². The Hall–Kier alpha value is -3.13. The van der Waals surface area contributed by atoms with Gasteiger partial charge in [-0.15, -0.1) is 0 Å². The van der Waals surface area contributed by atoms with Crippen molar-refractivity contribution < 1.29 is 17.9 Å². The SMILES string of the molecule is Cn1ccnc1[C@@H]1Cc2ccccc2N(S(=O)(=O)C(=O)OCc2ccccc2)C1. The molecule has 1 aliphatic heterocycles. The number of ether oxygens (including phenoxy) is 1. The van der Waals surface area contributed by atoms with Gasteiger partial charge in [-0.25, -0.2) is 9.78 Å². The van der Waals surface area contributed by atoms with Gasteiger partial charge in [-0.05, 0) is 23.6 Å². The number of benzene rings is 2. The number of sulfonamides is 1. The van der Waals surface area contributed by atoms with Gasteiger partial charge in [-0.3, -0.25) is 4.31 Å². The molecule has 2 heterocycles. The zero-order valence-corrected chi connectivity index (χ0v) is 16.7. The number of fused-ring (bicyclic) bond motifs is 1. The van der Waals surface area contributed by atoms with Crippen molar-refractivity contribution in [1.82, 2.24) is 9.55 Å². The molecule has 1 aromatic heterocycles. The molecule has 0 spiro atoms. The Balaban J connectivity index is 1.62. The van der Waals surface area contributed by atoms with Crippen molar-refractivity contribution in [3.8, 4) is 0 Å². The summed E-state index contributed by atoms with van der Waals surface area (Å²) in [5, 5.41) is -1.25. The lowest BCUT2D eigenvalue weighted by Gasteiger charge is -2.34. The summed E-state index contributed by atoms with van der Waals surface area (Å²) in [6.07, 6.45) is 4.15. The molecule has 4 rings (SSSR count). The number of carbonyl (C=O) groups is 1. The first-order valence-corrected chi connectivity index (χ1v) is 10.7. The number of rotatable bonds is 4. The predicted molar refractivity (Wildman–Crippen MR) is 109 cm³/mol. The summed E-state index contributed by atoms with van der Waals surface area (Å²) in [7, 11) is -2.48. The van der Waals surface area contributed by atoms with Crippen molar-refractivity contribution in [2.24, 2.45) is 7.05 Å². The third kappa shape index (κ3) is 3.75. The molecule has 0 saturated carbocycles. The van der Waals surface area contributed by atoms with Crippen LogP contribution < -0.4 is 4.31 Å². The molecule has 150 valence electrons. The van der Waals surface area contributed by atoms with Gasteiger partial charge in [0.2, 0.25) is 0 Å². The van der Waals surface area contributed by atoms with E-state index in [4.69, 9.17) is 4.74 Å². The molecule has 0 bridgehead atoms. The number of nitrogens with zero attached hydrogens (tertiary/aromatic N) is 3. The summed E-state index contributed by atoms with van der Waals surface area (Å²) < 4.78 is 34.3. The lowest BCUT2D eigenvalue weighted by Crippen LogP contribution is -2.43. The van der Waals surface area contributed by atoms with Crippen LogP contribution in [-0.2, 0) is 34.8 Å². The van der Waals surface area contributed by atoms with E-state index < -0.39 is 15.3 Å². The molecule has 7 nitrogen and oxygen atoms in total. The fourth-order valence-electron chi connectivity index (χ4n) is 3.61. The Morgan fingerprint density at radius 1 is 1.14 bits per heavy atom. The minimum atomic E-state index is -4.35. The lowest BCUT2D eigenvalue weighted by atomic mass is 9.93. The van der Waals surface area contributed by atoms with E-state index in [1.165, 1.54) is 0 Å². The molecule has 1 atom stereocenters. The van der Waals surface area contributed by atoms with Gasteiger partial charge in [-0.2, -0.15) is 8.42 Å². The van der Waals surface area contributed by atoms with Crippen LogP contribution in [0.1, 0.15) is 22.9 Å². The Kier molecular flexibility index (Phi) is 5.10. The molecule has 0 unspecified atom stereocenters. The summed E-state index contributed by atoms with van der Waals surface area (Å²) in [6.45, 7) is 0.0296. The number of aryl methyl sites for hydroxylation is 1. The maximum atomic E-state index is 13.1. The molecule has 8 heteroatoms. The fourth-order valence-corrected chi connectivity index (χ4v) is 4.81. The van der Waals surface area contributed by atoms with Crippen molar-refractivity contribution >= 4 is 21.0 Å². The largest absolute Gasteiger partial charge is 0.448 e. The molecule has 0 aliphatic carbocycles. The van der Waals surface area contributed by atoms with Crippen LogP contribution in [-0.4, -0.2) is 29.8 Å². The number of para-hydroxylation sites is 1. The molecule has 0 saturated heterocycles. The first-order chi connectivity index (χ1) is 14.0. The van der Waals surface area contributed by atoms with E-state index in [1.54, 1.807) is 42.6 Å². The van der Waals surface area contributed by atoms with E-state index in [9.17, 15) is 13.2 Å². The van der Waals surface area contributed by atoms with Crippen molar-refractivity contribution in [2.45, 2.75) is 18.9 Å². The molecule has 0 amide bonds. The second kappa shape index (κ2) is 7.71. The summed E-state index contributed by atoms with van der Waals surface area (Å²) in [5.74, 6) is 0.610. The first kappa shape index (κ1) is 19.2. The molecule has 0 fully saturated rings. The lowest BCUT2D eigenvalue weighted by molar-refractivity contribution is 0.165. The zero-order chi connectivity index (χ0) is 20.4. The normalized spacial score (nSPS) is 16.3. The van der Waals surface area contributed by atoms with Crippen LogP contribution in [0.3, 0.4) is 0 Å². The zero-order valence-electron chi connectivity index (χ0n) is 15.9. The molecule has 29 heavy (non-hydrogen) atoms. The van der Waals surface area contributed by atoms with Crippen molar-refractivity contribution in [2.75, 3.05) is 10.8 Å². The number of imidazole rings is 1. The number of hydrogen-bond acceptors (Lipinski definition) is 5. The summed E-state index contributed by atoms with van der Waals surface area (Å²) in [6, 6.07) is 16.2. The molecular weight excluding hydrogens is 390 g/mol. The first-order valence-electron chi connectivity index (χ1n) is 9.25. The van der Waals surface area contributed by atoms with Crippen LogP contribution in [0.25, 0.3) is 0 Å². The van der Waals surface area contributed by atoms with Gasteiger partial charge in [0.1, 0.15) is 12.4 Å². The van der Waals surface area contributed by atoms with Gasteiger partial charge in [0.05, 0.1) is 5.69 Å². The standard InChI is InChI=1S/C21H21N3O4S/c1-23-12-11-22-20(23)18-13-17-9-5-6-10-19(17)24(14-18)29(26,27)21(25)28-15-16-7-3-2-4-8-16/h2-12,18H,13-15H2,1H3/t18-/m1/s1. The van der Waals surface area contributed by atoms with Gasteiger partial charge in [0.15, 0.2) is 0 Å². The second-order valence-electron chi connectivity index (χ2n) is 6.99. The van der Waals surface area contributed by atoms with E-state index in [-0.39, 0.29) is 19.1 Å². The minimum Gasteiger partial charge on any atom is -0.448 e. The van der Waals surface area contributed by atoms with E-state index in [0.29, 0.717) is 12.1 Å². The monoisotopic (exact) mass is 411 g/mol. The van der Waals surface area contributed by atoms with Crippen molar-refractivity contribution in [3.63, 3.8) is 0 Å². The van der Waals surface area contributed by atoms with Gasteiger partial charge in [-0.1, -0.05) is 48.5 Å². The Morgan fingerprint density at radius 3 is 2.59 bits per heavy atom. The van der Waals surface area contributed by atoms with Crippen molar-refractivity contribution in [3.05, 3.63) is 83.9 Å². The highest BCUT2D eigenvalue weighted by Crippen LogP contribution is 2.36. The van der Waals surface area contributed by atoms with Gasteiger partial charge in [0.25, 0.3) is 0 Å². The van der Waals surface area contributed by atoms with Crippen molar-refractivity contribution in [1.29, 1.82) is 0 Å². The summed E-state index contributed by atoms with van der Waals surface area (Å²) >= 11 is 0. The molecule has 0 radical (unpaired) electrons. The van der Waals surface area contributed by atoms with Crippen LogP contribution in [0.5, 0.6) is 0 Å². The van der Waals surface area contributed by atoms with Crippen LogP contribution in [0.4, 0.5) is 10.5 Å². The number of anilines is 1. The number of aromatic nitrogens is 2. The van der Waals surface area contributed by atoms with Gasteiger partial charge < -0.3 is 9.30 Å². The molecule has 0 N–H and O–H groups in total. The third-order valence-electron chi connectivity index (χ3n) is 5.04. The molecule has 1 aliphatic rings. The Bertz CT molecular complexity index is 1130. The average molecular weight is 411 g/mol. The predicted octanol–water partition coefficient (Wildman–Crippen LogP) is 3.23. The summed E-state index contributed by atoms with van der Waals surface area (Å²) in [4.78, 5) is 16.9. The Labute approximate surface area is 169 Å². The van der Waals surface area contributed by atoms with Crippen LogP contribution in [0, 0.1) is 0 Å². The maximum absolute atomic E-state index is 13.1. The maximum Gasteiger partial charge on any atom is 0.445 e. The van der Waals surface area contributed by atoms with E-state index in [0.717, 1.165) is 21.3 Å². The van der Waals surface area contributed by atoms with Crippen LogP contribution >= 0.6 is 0 Å². The minimum absolute atomic E-state index is 0.100. The molecule has 2 aromatic carbocycles. The third-order valence-corrected chi connectivity index (χ3v) is 6.50. The average Bonchev–Trinajstić information content (AvgIpc) is 3.17. The Morgan fingerprint density at radius 2 is 1.86 bits per heavy atom. The van der Waals surface area contributed by atoms with Crippen LogP contribution in [0.15, 0.2) is 67.0 Å². The quantitative estimate of drug-likeness (QED) is 0.616. The number of hydrogen-bond donors (Lipinski definition) is 0. The van der Waals surface area contributed by atoms with Crippen LogP contribution in [0.2, 0.25) is 0 Å². The van der Waals surface area contributed by atoms with Gasteiger partial charge >= 0.3 is 15.3 Å². The second-order valence-corrected chi connectivity index (χ2v) is 8.71. The number of carbonyl (C=O) groups excluding carboxylic acids is 1. The topological polar surface area (TPSA) is 81.5 Å². The van der Waals surface area contributed by atoms with E-state index >= 15 is 0 Å². The fraction of sp³-hybridized carbons (Fsp3) is 0.238. The summed E-state index contributed by atoms with van der Waals surface area (Å²) in [5.41, 5.74) is 2.08. The highest BCUT2D eigenvalue weighted by atomic mass is 32.2. The smallest absolute Gasteiger partial charge is 0.445 e. The molecule has 3 aromatic rings. The highest BCUT2D eigenvalue weighted by Gasteiger charge is 2.39. The highest BCUT2D eigenvalue weighted by molar-refractivity contribution is 8.06. The molecular formula is C21H21N3O4S.